The second kappa shape index (κ2) is 7.43. The molecule has 0 amide bonds. The van der Waals surface area contributed by atoms with E-state index < -0.39 is 0 Å². The first kappa shape index (κ1) is 15.0. The maximum absolute atomic E-state index is 6.12. The number of rotatable bonds is 7. The molecule has 6 heteroatoms. The van der Waals surface area contributed by atoms with Crippen LogP contribution in [0.4, 0.5) is 0 Å². The zero-order valence-electron chi connectivity index (χ0n) is 10.8. The Morgan fingerprint density at radius 3 is 3.00 bits per heavy atom. The predicted octanol–water partition coefficient (Wildman–Crippen LogP) is 4.52. The number of thiophene rings is 1. The maximum Gasteiger partial charge on any atom is 0.151 e. The van der Waals surface area contributed by atoms with Crippen molar-refractivity contribution in [3.8, 4) is 0 Å². The van der Waals surface area contributed by atoms with E-state index in [9.17, 15) is 0 Å². The largest absolute Gasteiger partial charge is 0.344 e. The summed E-state index contributed by atoms with van der Waals surface area (Å²) in [6, 6.07) is 2.12. The zero-order chi connectivity index (χ0) is 13.7. The van der Waals surface area contributed by atoms with E-state index >= 15 is 0 Å². The van der Waals surface area contributed by atoms with Crippen molar-refractivity contribution in [3.05, 3.63) is 37.5 Å². The number of imidazole rings is 1. The molecule has 2 N–H and O–H groups in total. The first-order valence-electron chi connectivity index (χ1n) is 6.36. The number of hydrogen-bond donors (Lipinski definition) is 2. The van der Waals surface area contributed by atoms with E-state index in [1.165, 1.54) is 11.3 Å². The Morgan fingerprint density at radius 2 is 2.32 bits per heavy atom. The van der Waals surface area contributed by atoms with Gasteiger partial charge in [0.2, 0.25) is 0 Å². The minimum Gasteiger partial charge on any atom is -0.344 e. The summed E-state index contributed by atoms with van der Waals surface area (Å²) in [5.74, 6) is 0.988. The molecule has 19 heavy (non-hydrogen) atoms. The average Bonchev–Trinajstić information content (AvgIpc) is 2.94. The van der Waals surface area contributed by atoms with Gasteiger partial charge in [-0.05, 0) is 28.4 Å². The maximum atomic E-state index is 6.12. The van der Waals surface area contributed by atoms with Gasteiger partial charge in [0.15, 0.2) is 5.15 Å². The molecule has 0 spiro atoms. The summed E-state index contributed by atoms with van der Waals surface area (Å²) in [5, 5.41) is 6.05. The van der Waals surface area contributed by atoms with Crippen LogP contribution in [0, 0.1) is 0 Å². The molecule has 0 atom stereocenters. The molecule has 0 fully saturated rings. The predicted molar refractivity (Wildman–Crippen MR) is 84.8 cm³/mol. The third kappa shape index (κ3) is 4.60. The number of halogens is 2. The number of nitrogens with one attached hydrogen (secondary N) is 2. The molecule has 2 rings (SSSR count). The van der Waals surface area contributed by atoms with Gasteiger partial charge < -0.3 is 10.3 Å². The van der Waals surface area contributed by atoms with E-state index in [1.54, 1.807) is 11.3 Å². The van der Waals surface area contributed by atoms with Crippen molar-refractivity contribution in [2.75, 3.05) is 0 Å². The van der Waals surface area contributed by atoms with Gasteiger partial charge in [-0.15, -0.1) is 11.3 Å². The Morgan fingerprint density at radius 1 is 1.47 bits per heavy atom. The van der Waals surface area contributed by atoms with Crippen LogP contribution >= 0.6 is 38.9 Å². The molecule has 0 saturated heterocycles. The lowest BCUT2D eigenvalue weighted by Gasteiger charge is -2.01. The summed E-state index contributed by atoms with van der Waals surface area (Å²) < 4.78 is 1.13. The summed E-state index contributed by atoms with van der Waals surface area (Å²) in [6.45, 7) is 3.73. The number of aromatic nitrogens is 2. The van der Waals surface area contributed by atoms with Gasteiger partial charge in [0.1, 0.15) is 5.82 Å². The first-order valence-corrected chi connectivity index (χ1v) is 8.41. The molecule has 2 aromatic heterocycles. The molecule has 0 saturated carbocycles. The van der Waals surface area contributed by atoms with Gasteiger partial charge in [0.05, 0.1) is 5.69 Å². The lowest BCUT2D eigenvalue weighted by atomic mass is 10.2. The van der Waals surface area contributed by atoms with Crippen molar-refractivity contribution >= 4 is 38.9 Å². The molecule has 0 radical (unpaired) electrons. The van der Waals surface area contributed by atoms with Crippen molar-refractivity contribution in [1.82, 2.24) is 15.3 Å². The summed E-state index contributed by atoms with van der Waals surface area (Å²) in [4.78, 5) is 8.94. The van der Waals surface area contributed by atoms with Crippen LogP contribution < -0.4 is 5.32 Å². The van der Waals surface area contributed by atoms with Crippen molar-refractivity contribution in [1.29, 1.82) is 0 Å². The Bertz CT molecular complexity index is 524. The van der Waals surface area contributed by atoms with Crippen LogP contribution in [0.2, 0.25) is 5.15 Å². The normalized spacial score (nSPS) is 11.1. The number of nitrogens with zero attached hydrogens (tertiary/aromatic N) is 1. The Labute approximate surface area is 130 Å². The molecule has 0 aromatic carbocycles. The molecular weight excluding hydrogens is 346 g/mol. The van der Waals surface area contributed by atoms with Gasteiger partial charge in [0.25, 0.3) is 0 Å². The van der Waals surface area contributed by atoms with Gasteiger partial charge in [0, 0.05) is 34.2 Å². The van der Waals surface area contributed by atoms with E-state index in [4.69, 9.17) is 11.6 Å². The molecule has 2 aromatic rings. The first-order chi connectivity index (χ1) is 9.19. The highest BCUT2D eigenvalue weighted by molar-refractivity contribution is 9.10. The van der Waals surface area contributed by atoms with Gasteiger partial charge in [-0.1, -0.05) is 24.9 Å². The van der Waals surface area contributed by atoms with Crippen molar-refractivity contribution in [3.63, 3.8) is 0 Å². The van der Waals surface area contributed by atoms with Crippen molar-refractivity contribution < 1.29 is 0 Å². The van der Waals surface area contributed by atoms with E-state index in [2.05, 4.69) is 49.6 Å². The van der Waals surface area contributed by atoms with E-state index in [1.807, 2.05) is 0 Å². The van der Waals surface area contributed by atoms with Gasteiger partial charge >= 0.3 is 0 Å². The smallest absolute Gasteiger partial charge is 0.151 e. The number of aryl methyl sites for hydroxylation is 1. The number of H-pyrrole nitrogens is 1. The highest BCUT2D eigenvalue weighted by Crippen LogP contribution is 2.20. The van der Waals surface area contributed by atoms with Gasteiger partial charge in [-0.3, -0.25) is 0 Å². The van der Waals surface area contributed by atoms with Crippen LogP contribution in [-0.4, -0.2) is 9.97 Å². The average molecular weight is 363 g/mol. The van der Waals surface area contributed by atoms with E-state index in [0.717, 1.165) is 35.4 Å². The summed E-state index contributed by atoms with van der Waals surface area (Å²) >= 11 is 11.3. The quantitative estimate of drug-likeness (QED) is 0.760. The van der Waals surface area contributed by atoms with E-state index in [-0.39, 0.29) is 0 Å². The molecule has 0 unspecified atom stereocenters. The lowest BCUT2D eigenvalue weighted by Crippen LogP contribution is -2.12. The summed E-state index contributed by atoms with van der Waals surface area (Å²) in [7, 11) is 0. The van der Waals surface area contributed by atoms with Crippen LogP contribution in [-0.2, 0) is 19.5 Å². The molecule has 0 aliphatic rings. The third-order valence-corrected chi connectivity index (χ3v) is 4.78. The van der Waals surface area contributed by atoms with E-state index in [0.29, 0.717) is 11.7 Å². The number of aromatic amines is 1. The standard InChI is InChI=1S/C13H17BrClN3S/c1-2-3-4-12-17-11(13(15)18-12)7-16-6-10-5-9(14)8-19-10/h5,8,16H,2-4,6-7H2,1H3,(H,17,18). The zero-order valence-corrected chi connectivity index (χ0v) is 14.0. The fourth-order valence-electron chi connectivity index (χ4n) is 1.78. The summed E-state index contributed by atoms with van der Waals surface area (Å²) in [6.07, 6.45) is 3.27. The highest BCUT2D eigenvalue weighted by Gasteiger charge is 2.07. The molecule has 3 nitrogen and oxygen atoms in total. The van der Waals surface area contributed by atoms with Crippen molar-refractivity contribution in [2.24, 2.45) is 0 Å². The molecule has 0 aliphatic carbocycles. The Kier molecular flexibility index (Phi) is 5.88. The second-order valence-corrected chi connectivity index (χ2v) is 6.66. The second-order valence-electron chi connectivity index (χ2n) is 4.39. The molecule has 0 aliphatic heterocycles. The van der Waals surface area contributed by atoms with Crippen LogP contribution in [0.25, 0.3) is 0 Å². The Hall–Kier alpha value is -0.360. The number of unbranched alkanes of at least 4 members (excludes halogenated alkanes) is 1. The minimum atomic E-state index is 0.589. The highest BCUT2D eigenvalue weighted by atomic mass is 79.9. The van der Waals surface area contributed by atoms with Gasteiger partial charge in [-0.25, -0.2) is 4.98 Å². The topological polar surface area (TPSA) is 40.7 Å². The van der Waals surface area contributed by atoms with Crippen molar-refractivity contribution in [2.45, 2.75) is 39.3 Å². The van der Waals surface area contributed by atoms with Crippen LogP contribution in [0.15, 0.2) is 15.9 Å². The molecule has 2 heterocycles. The van der Waals surface area contributed by atoms with Crippen LogP contribution in [0.3, 0.4) is 0 Å². The SMILES string of the molecule is CCCCc1nc(Cl)c(CNCc2cc(Br)cs2)[nH]1. The van der Waals surface area contributed by atoms with Crippen LogP contribution in [0.1, 0.15) is 36.2 Å². The Balaban J connectivity index is 1.83. The molecule has 104 valence electrons. The monoisotopic (exact) mass is 361 g/mol. The molecule has 0 bridgehead atoms. The number of hydrogen-bond acceptors (Lipinski definition) is 3. The fourth-order valence-corrected chi connectivity index (χ4v) is 3.41. The van der Waals surface area contributed by atoms with Gasteiger partial charge in [-0.2, -0.15) is 0 Å². The lowest BCUT2D eigenvalue weighted by molar-refractivity contribution is 0.685. The van der Waals surface area contributed by atoms with Crippen LogP contribution in [0.5, 0.6) is 0 Å². The fraction of sp³-hybridized carbons (Fsp3) is 0.462. The third-order valence-electron chi connectivity index (χ3n) is 2.77. The molecular formula is C13H17BrClN3S. The summed E-state index contributed by atoms with van der Waals surface area (Å²) in [5.41, 5.74) is 0.975. The minimum absolute atomic E-state index is 0.589.